The number of anilines is 1. The van der Waals surface area contributed by atoms with Crippen LogP contribution >= 0.6 is 0 Å². The zero-order valence-electron chi connectivity index (χ0n) is 18.7. The van der Waals surface area contributed by atoms with Gasteiger partial charge in [0.1, 0.15) is 11.8 Å². The molecule has 3 rings (SSSR count). The van der Waals surface area contributed by atoms with Crippen LogP contribution in [-0.2, 0) is 9.59 Å². The summed E-state index contributed by atoms with van der Waals surface area (Å²) in [5.41, 5.74) is 6.91. The van der Waals surface area contributed by atoms with Gasteiger partial charge < -0.3 is 25.6 Å². The number of aliphatic imine (C=N–C) groups is 1. The molecule has 10 heteroatoms. The summed E-state index contributed by atoms with van der Waals surface area (Å²) in [6.45, 7) is 4.00. The largest absolute Gasteiger partial charge is 0.495 e. The number of carbonyl (C=O) groups excluding carboxylic acids is 3. The van der Waals surface area contributed by atoms with E-state index in [-0.39, 0.29) is 24.3 Å². The highest BCUT2D eigenvalue weighted by molar-refractivity contribution is 6.05. The smallest absolute Gasteiger partial charge is 0.318 e. The number of hydrogen-bond acceptors (Lipinski definition) is 5. The predicted molar refractivity (Wildman–Crippen MR) is 122 cm³/mol. The number of nitrogens with zero attached hydrogens (tertiary/aromatic N) is 3. The number of hydrogen-bond donors (Lipinski definition) is 3. The molecular formula is C22H32N6O4. The molecule has 4 N–H and O–H groups in total. The predicted octanol–water partition coefficient (Wildman–Crippen LogP) is 1.44. The third-order valence-electron chi connectivity index (χ3n) is 5.67. The number of urea groups is 1. The summed E-state index contributed by atoms with van der Waals surface area (Å²) < 4.78 is 5.39. The van der Waals surface area contributed by atoms with E-state index in [4.69, 9.17) is 10.5 Å². The Morgan fingerprint density at radius 3 is 2.59 bits per heavy atom. The third-order valence-corrected chi connectivity index (χ3v) is 5.67. The van der Waals surface area contributed by atoms with Crippen molar-refractivity contribution in [2.75, 3.05) is 38.6 Å². The second kappa shape index (κ2) is 10.8. The molecule has 0 radical (unpaired) electrons. The number of amides is 4. The number of ether oxygens (including phenoxy) is 1. The van der Waals surface area contributed by atoms with Crippen LogP contribution in [0, 0.1) is 6.92 Å². The maximum absolute atomic E-state index is 13.2. The van der Waals surface area contributed by atoms with Gasteiger partial charge >= 0.3 is 6.03 Å². The Hall–Kier alpha value is -3.30. The van der Waals surface area contributed by atoms with E-state index in [9.17, 15) is 14.4 Å². The molecule has 2 fully saturated rings. The summed E-state index contributed by atoms with van der Waals surface area (Å²) in [6.07, 6.45) is 4.10. The normalized spacial score (nSPS) is 19.5. The van der Waals surface area contributed by atoms with Crippen LogP contribution in [0.15, 0.2) is 23.2 Å². The number of nitrogens with two attached hydrogens (primary N) is 1. The summed E-state index contributed by atoms with van der Waals surface area (Å²) in [4.78, 5) is 45.2. The van der Waals surface area contributed by atoms with E-state index in [0.717, 1.165) is 44.3 Å². The van der Waals surface area contributed by atoms with Crippen molar-refractivity contribution in [3.05, 3.63) is 23.8 Å². The van der Waals surface area contributed by atoms with Gasteiger partial charge in [-0.25, -0.2) is 9.79 Å². The lowest BCUT2D eigenvalue weighted by atomic mass is 10.1. The maximum atomic E-state index is 13.2. The zero-order valence-corrected chi connectivity index (χ0v) is 18.7. The molecule has 4 amide bonds. The fourth-order valence-corrected chi connectivity index (χ4v) is 3.99. The van der Waals surface area contributed by atoms with Gasteiger partial charge in [0.2, 0.25) is 17.8 Å². The van der Waals surface area contributed by atoms with E-state index in [2.05, 4.69) is 15.6 Å². The molecule has 1 aromatic rings. The van der Waals surface area contributed by atoms with Crippen LogP contribution in [-0.4, -0.2) is 72.9 Å². The van der Waals surface area contributed by atoms with Gasteiger partial charge in [-0.05, 0) is 56.7 Å². The summed E-state index contributed by atoms with van der Waals surface area (Å²) in [5.74, 6) is 0.370. The lowest BCUT2D eigenvalue weighted by molar-refractivity contribution is -0.140. The molecule has 1 aromatic carbocycles. The van der Waals surface area contributed by atoms with Crippen LogP contribution in [0.4, 0.5) is 10.5 Å². The SMILES string of the molecule is COc1cc(C)ccc1NC(=NC1CCCCN(CC(=O)N2CCCC2)C1=O)NC(N)=O. The van der Waals surface area contributed by atoms with Crippen molar-refractivity contribution in [2.24, 2.45) is 10.7 Å². The zero-order chi connectivity index (χ0) is 23.1. The highest BCUT2D eigenvalue weighted by Gasteiger charge is 2.30. The summed E-state index contributed by atoms with van der Waals surface area (Å²) in [7, 11) is 1.54. The molecule has 0 aliphatic carbocycles. The van der Waals surface area contributed by atoms with Crippen molar-refractivity contribution < 1.29 is 19.1 Å². The number of nitrogens with one attached hydrogen (secondary N) is 2. The first kappa shape index (κ1) is 23.4. The number of rotatable bonds is 5. The molecule has 32 heavy (non-hydrogen) atoms. The Morgan fingerprint density at radius 1 is 1.19 bits per heavy atom. The number of primary amides is 1. The fourth-order valence-electron chi connectivity index (χ4n) is 3.99. The lowest BCUT2D eigenvalue weighted by Gasteiger charge is -2.25. The molecule has 0 saturated carbocycles. The monoisotopic (exact) mass is 444 g/mol. The Morgan fingerprint density at radius 2 is 1.91 bits per heavy atom. The van der Waals surface area contributed by atoms with Crippen molar-refractivity contribution >= 4 is 29.5 Å². The van der Waals surface area contributed by atoms with E-state index in [1.54, 1.807) is 18.1 Å². The quantitative estimate of drug-likeness (QED) is 0.467. The molecule has 2 aliphatic rings. The number of aryl methyl sites for hydroxylation is 1. The van der Waals surface area contributed by atoms with E-state index in [1.807, 2.05) is 24.0 Å². The first-order valence-corrected chi connectivity index (χ1v) is 11.0. The Labute approximate surface area is 188 Å². The lowest BCUT2D eigenvalue weighted by Crippen LogP contribution is -2.46. The molecule has 0 spiro atoms. The van der Waals surface area contributed by atoms with Crippen molar-refractivity contribution in [2.45, 2.75) is 45.1 Å². The van der Waals surface area contributed by atoms with Crippen LogP contribution in [0.1, 0.15) is 37.7 Å². The molecule has 1 unspecified atom stereocenters. The highest BCUT2D eigenvalue weighted by Crippen LogP contribution is 2.25. The molecule has 0 aromatic heterocycles. The first-order chi connectivity index (χ1) is 15.4. The molecule has 2 saturated heterocycles. The van der Waals surface area contributed by atoms with E-state index < -0.39 is 12.1 Å². The third kappa shape index (κ3) is 6.12. The number of benzene rings is 1. The van der Waals surface area contributed by atoms with Crippen LogP contribution in [0.2, 0.25) is 0 Å². The number of carbonyl (C=O) groups is 3. The number of guanidine groups is 1. The van der Waals surface area contributed by atoms with Crippen molar-refractivity contribution in [1.29, 1.82) is 0 Å². The molecule has 174 valence electrons. The van der Waals surface area contributed by atoms with E-state index in [0.29, 0.717) is 24.4 Å². The van der Waals surface area contributed by atoms with E-state index in [1.165, 1.54) is 0 Å². The van der Waals surface area contributed by atoms with E-state index >= 15 is 0 Å². The molecule has 2 aliphatic heterocycles. The van der Waals surface area contributed by atoms with Gasteiger partial charge in [-0.1, -0.05) is 6.07 Å². The number of likely N-dealkylation sites (tertiary alicyclic amines) is 2. The second-order valence-corrected chi connectivity index (χ2v) is 8.15. The van der Waals surface area contributed by atoms with Gasteiger partial charge in [-0.15, -0.1) is 0 Å². The van der Waals surface area contributed by atoms with Crippen LogP contribution in [0.3, 0.4) is 0 Å². The molecule has 10 nitrogen and oxygen atoms in total. The standard InChI is InChI=1S/C22H32N6O4/c1-15-8-9-16(18(13-15)32-2)24-22(26-21(23)31)25-17-7-3-4-12-28(20(17)30)14-19(29)27-10-5-6-11-27/h8-9,13,17H,3-7,10-12,14H2,1-2H3,(H4,23,24,25,26,31). The average molecular weight is 445 g/mol. The number of methoxy groups -OCH3 is 1. The first-order valence-electron chi connectivity index (χ1n) is 11.0. The fraction of sp³-hybridized carbons (Fsp3) is 0.545. The van der Waals surface area contributed by atoms with Gasteiger partial charge in [-0.2, -0.15) is 0 Å². The minimum Gasteiger partial charge on any atom is -0.495 e. The van der Waals surface area contributed by atoms with Crippen molar-refractivity contribution in [3.63, 3.8) is 0 Å². The topological polar surface area (TPSA) is 129 Å². The Bertz CT molecular complexity index is 881. The summed E-state index contributed by atoms with van der Waals surface area (Å²) >= 11 is 0. The Kier molecular flexibility index (Phi) is 7.91. The second-order valence-electron chi connectivity index (χ2n) is 8.15. The van der Waals surface area contributed by atoms with Gasteiger partial charge in [-0.3, -0.25) is 14.9 Å². The van der Waals surface area contributed by atoms with Crippen LogP contribution in [0.25, 0.3) is 0 Å². The molecule has 1 atom stereocenters. The van der Waals surface area contributed by atoms with Gasteiger partial charge in [0.05, 0.1) is 19.3 Å². The minimum atomic E-state index is -0.801. The summed E-state index contributed by atoms with van der Waals surface area (Å²) in [5, 5.41) is 5.47. The van der Waals surface area contributed by atoms with Gasteiger partial charge in [0.25, 0.3) is 0 Å². The van der Waals surface area contributed by atoms with Gasteiger partial charge in [0.15, 0.2) is 0 Å². The molecule has 0 bridgehead atoms. The van der Waals surface area contributed by atoms with Crippen LogP contribution < -0.4 is 21.1 Å². The van der Waals surface area contributed by atoms with Crippen molar-refractivity contribution in [3.8, 4) is 5.75 Å². The molecular weight excluding hydrogens is 412 g/mol. The Balaban J connectivity index is 1.79. The highest BCUT2D eigenvalue weighted by atomic mass is 16.5. The summed E-state index contributed by atoms with van der Waals surface area (Å²) in [6, 6.07) is 3.99. The average Bonchev–Trinajstić information content (AvgIpc) is 3.24. The minimum absolute atomic E-state index is 0.0292. The van der Waals surface area contributed by atoms with Gasteiger partial charge in [0, 0.05) is 19.6 Å². The van der Waals surface area contributed by atoms with Crippen LogP contribution in [0.5, 0.6) is 5.75 Å². The molecule has 2 heterocycles. The van der Waals surface area contributed by atoms with Crippen molar-refractivity contribution in [1.82, 2.24) is 15.1 Å². The maximum Gasteiger partial charge on any atom is 0.318 e.